The SMILES string of the molecule is CCOc1cc(C)nc(N(C)C2CCCC2CN)n1. The van der Waals surface area contributed by atoms with E-state index < -0.39 is 0 Å². The molecule has 5 heteroatoms. The summed E-state index contributed by atoms with van der Waals surface area (Å²) < 4.78 is 5.49. The van der Waals surface area contributed by atoms with E-state index in [-0.39, 0.29) is 0 Å². The average Bonchev–Trinajstić information content (AvgIpc) is 2.85. The smallest absolute Gasteiger partial charge is 0.228 e. The van der Waals surface area contributed by atoms with Crippen LogP contribution in [0.4, 0.5) is 5.95 Å². The van der Waals surface area contributed by atoms with Crippen LogP contribution >= 0.6 is 0 Å². The van der Waals surface area contributed by atoms with E-state index >= 15 is 0 Å². The van der Waals surface area contributed by atoms with Gasteiger partial charge in [0.25, 0.3) is 0 Å². The molecule has 1 aliphatic carbocycles. The first-order valence-electron chi connectivity index (χ1n) is 7.07. The van der Waals surface area contributed by atoms with E-state index in [9.17, 15) is 0 Å². The van der Waals surface area contributed by atoms with Crippen molar-refractivity contribution in [2.45, 2.75) is 39.2 Å². The van der Waals surface area contributed by atoms with Crippen molar-refractivity contribution in [1.82, 2.24) is 9.97 Å². The van der Waals surface area contributed by atoms with E-state index in [0.717, 1.165) is 18.2 Å². The Bertz CT molecular complexity index is 424. The molecule has 1 heterocycles. The first kappa shape index (κ1) is 14.1. The maximum absolute atomic E-state index is 5.86. The van der Waals surface area contributed by atoms with Crippen molar-refractivity contribution < 1.29 is 4.74 Å². The summed E-state index contributed by atoms with van der Waals surface area (Å²) in [6.07, 6.45) is 3.61. The lowest BCUT2D eigenvalue weighted by molar-refractivity contribution is 0.325. The summed E-state index contributed by atoms with van der Waals surface area (Å²) in [7, 11) is 2.06. The predicted molar refractivity (Wildman–Crippen MR) is 76.5 cm³/mol. The zero-order chi connectivity index (χ0) is 13.8. The number of anilines is 1. The molecule has 0 spiro atoms. The number of nitrogens with zero attached hydrogens (tertiary/aromatic N) is 3. The lowest BCUT2D eigenvalue weighted by Crippen LogP contribution is -2.38. The maximum Gasteiger partial charge on any atom is 0.228 e. The molecule has 0 amide bonds. The van der Waals surface area contributed by atoms with Crippen molar-refractivity contribution >= 4 is 5.95 Å². The van der Waals surface area contributed by atoms with Crippen LogP contribution in [-0.4, -0.2) is 36.2 Å². The van der Waals surface area contributed by atoms with Crippen LogP contribution in [-0.2, 0) is 0 Å². The van der Waals surface area contributed by atoms with Crippen LogP contribution < -0.4 is 15.4 Å². The van der Waals surface area contributed by atoms with Crippen LogP contribution in [0.25, 0.3) is 0 Å². The van der Waals surface area contributed by atoms with Crippen LogP contribution in [0.5, 0.6) is 5.88 Å². The Hall–Kier alpha value is -1.36. The van der Waals surface area contributed by atoms with E-state index in [4.69, 9.17) is 10.5 Å². The van der Waals surface area contributed by atoms with Crippen LogP contribution in [0.15, 0.2) is 6.07 Å². The number of rotatable bonds is 5. The first-order valence-corrected chi connectivity index (χ1v) is 7.07. The maximum atomic E-state index is 5.86. The Morgan fingerprint density at radius 1 is 1.42 bits per heavy atom. The van der Waals surface area contributed by atoms with E-state index in [1.807, 2.05) is 19.9 Å². The van der Waals surface area contributed by atoms with Gasteiger partial charge in [0.1, 0.15) is 0 Å². The topological polar surface area (TPSA) is 64.3 Å². The van der Waals surface area contributed by atoms with Crippen molar-refractivity contribution in [1.29, 1.82) is 0 Å². The van der Waals surface area contributed by atoms with E-state index in [2.05, 4.69) is 21.9 Å². The Kier molecular flexibility index (Phi) is 4.58. The minimum Gasteiger partial charge on any atom is -0.478 e. The standard InChI is InChI=1S/C14H24N4O/c1-4-19-13-8-10(2)16-14(17-13)18(3)12-7-5-6-11(12)9-15/h8,11-12H,4-7,9,15H2,1-3H3. The van der Waals surface area contributed by atoms with Crippen LogP contribution in [0.1, 0.15) is 31.9 Å². The predicted octanol–water partition coefficient (Wildman–Crippen LogP) is 1.75. The van der Waals surface area contributed by atoms with Crippen LogP contribution in [0.3, 0.4) is 0 Å². The van der Waals surface area contributed by atoms with Gasteiger partial charge in [-0.2, -0.15) is 4.98 Å². The molecule has 0 saturated heterocycles. The van der Waals surface area contributed by atoms with Gasteiger partial charge in [-0.1, -0.05) is 6.42 Å². The fourth-order valence-corrected chi connectivity index (χ4v) is 2.85. The quantitative estimate of drug-likeness (QED) is 0.877. The molecule has 1 fully saturated rings. The van der Waals surface area contributed by atoms with Crippen molar-refractivity contribution in [3.05, 3.63) is 11.8 Å². The number of aromatic nitrogens is 2. The molecule has 2 rings (SSSR count). The number of aryl methyl sites for hydroxylation is 1. The van der Waals surface area contributed by atoms with Crippen molar-refractivity contribution in [2.24, 2.45) is 11.7 Å². The largest absolute Gasteiger partial charge is 0.478 e. The molecule has 2 unspecified atom stereocenters. The molecule has 2 N–H and O–H groups in total. The molecule has 1 aliphatic rings. The molecular formula is C14H24N4O. The Morgan fingerprint density at radius 3 is 2.89 bits per heavy atom. The molecule has 0 aromatic carbocycles. The summed E-state index contributed by atoms with van der Waals surface area (Å²) in [6.45, 7) is 5.28. The number of ether oxygens (including phenoxy) is 1. The summed E-state index contributed by atoms with van der Waals surface area (Å²) in [4.78, 5) is 11.2. The van der Waals surface area contributed by atoms with Crippen LogP contribution in [0.2, 0.25) is 0 Å². The first-order chi connectivity index (χ1) is 9.15. The van der Waals surface area contributed by atoms with E-state index in [0.29, 0.717) is 24.4 Å². The second-order valence-electron chi connectivity index (χ2n) is 5.19. The van der Waals surface area contributed by atoms with Gasteiger partial charge in [-0.25, -0.2) is 4.98 Å². The molecular weight excluding hydrogens is 240 g/mol. The highest BCUT2D eigenvalue weighted by atomic mass is 16.5. The minimum absolute atomic E-state index is 0.446. The third kappa shape index (κ3) is 3.15. The number of hydrogen-bond donors (Lipinski definition) is 1. The molecule has 2 atom stereocenters. The molecule has 1 aromatic rings. The van der Waals surface area contributed by atoms with Gasteiger partial charge in [-0.3, -0.25) is 0 Å². The Balaban J connectivity index is 2.20. The summed E-state index contributed by atoms with van der Waals surface area (Å²) in [5.41, 5.74) is 6.79. The fourth-order valence-electron chi connectivity index (χ4n) is 2.85. The lowest BCUT2D eigenvalue weighted by Gasteiger charge is -2.29. The van der Waals surface area contributed by atoms with Gasteiger partial charge in [0.05, 0.1) is 6.61 Å². The zero-order valence-electron chi connectivity index (χ0n) is 12.1. The molecule has 106 valence electrons. The highest BCUT2D eigenvalue weighted by Crippen LogP contribution is 2.30. The van der Waals surface area contributed by atoms with Gasteiger partial charge in [-0.05, 0) is 39.2 Å². The second-order valence-corrected chi connectivity index (χ2v) is 5.19. The molecule has 0 bridgehead atoms. The molecule has 5 nitrogen and oxygen atoms in total. The summed E-state index contributed by atoms with van der Waals surface area (Å²) in [5.74, 6) is 1.94. The lowest BCUT2D eigenvalue weighted by atomic mass is 10.0. The molecule has 0 aliphatic heterocycles. The van der Waals surface area contributed by atoms with Gasteiger partial charge in [-0.15, -0.1) is 0 Å². The highest BCUT2D eigenvalue weighted by Gasteiger charge is 2.30. The molecule has 19 heavy (non-hydrogen) atoms. The van der Waals surface area contributed by atoms with Gasteiger partial charge in [0, 0.05) is 24.8 Å². The van der Waals surface area contributed by atoms with Crippen molar-refractivity contribution in [3.63, 3.8) is 0 Å². The van der Waals surface area contributed by atoms with Gasteiger partial charge in [0.15, 0.2) is 0 Å². The van der Waals surface area contributed by atoms with Crippen LogP contribution in [0, 0.1) is 12.8 Å². The summed E-state index contributed by atoms with van der Waals surface area (Å²) >= 11 is 0. The molecule has 1 saturated carbocycles. The number of hydrogen-bond acceptors (Lipinski definition) is 5. The van der Waals surface area contributed by atoms with Crippen molar-refractivity contribution in [2.75, 3.05) is 25.1 Å². The van der Waals surface area contributed by atoms with Crippen molar-refractivity contribution in [3.8, 4) is 5.88 Å². The monoisotopic (exact) mass is 264 g/mol. The van der Waals surface area contributed by atoms with Gasteiger partial charge >= 0.3 is 0 Å². The molecule has 0 radical (unpaired) electrons. The Morgan fingerprint density at radius 2 is 2.21 bits per heavy atom. The number of nitrogens with two attached hydrogens (primary N) is 1. The van der Waals surface area contributed by atoms with Gasteiger partial charge < -0.3 is 15.4 Å². The average molecular weight is 264 g/mol. The van der Waals surface area contributed by atoms with Gasteiger partial charge in [0.2, 0.25) is 11.8 Å². The third-order valence-electron chi connectivity index (χ3n) is 3.85. The summed E-state index contributed by atoms with van der Waals surface area (Å²) in [5, 5.41) is 0. The normalized spacial score (nSPS) is 22.5. The third-order valence-corrected chi connectivity index (χ3v) is 3.85. The Labute approximate surface area is 115 Å². The minimum atomic E-state index is 0.446. The molecule has 1 aromatic heterocycles. The van der Waals surface area contributed by atoms with E-state index in [1.54, 1.807) is 0 Å². The zero-order valence-corrected chi connectivity index (χ0v) is 12.1. The van der Waals surface area contributed by atoms with E-state index in [1.165, 1.54) is 19.3 Å². The fraction of sp³-hybridized carbons (Fsp3) is 0.714. The summed E-state index contributed by atoms with van der Waals surface area (Å²) in [6, 6.07) is 2.32. The second kappa shape index (κ2) is 6.19. The highest BCUT2D eigenvalue weighted by molar-refractivity contribution is 5.35.